The zero-order chi connectivity index (χ0) is 10.7. The molecule has 1 amide bonds. The Morgan fingerprint density at radius 1 is 1.73 bits per heavy atom. The first-order chi connectivity index (χ1) is 7.29. The van der Waals surface area contributed by atoms with Gasteiger partial charge in [0.05, 0.1) is 6.20 Å². The van der Waals surface area contributed by atoms with Gasteiger partial charge in [-0.15, -0.1) is 6.58 Å². The van der Waals surface area contributed by atoms with Crippen LogP contribution in [0.3, 0.4) is 0 Å². The number of rotatable bonds is 4. The van der Waals surface area contributed by atoms with Crippen LogP contribution in [0, 0.1) is 5.92 Å². The van der Waals surface area contributed by atoms with E-state index in [0.717, 1.165) is 18.7 Å². The van der Waals surface area contributed by atoms with Crippen molar-refractivity contribution in [2.45, 2.75) is 12.8 Å². The fourth-order valence-electron chi connectivity index (χ4n) is 1.79. The van der Waals surface area contributed by atoms with E-state index in [0.29, 0.717) is 18.9 Å². The van der Waals surface area contributed by atoms with Crippen molar-refractivity contribution >= 4 is 5.91 Å². The summed E-state index contributed by atoms with van der Waals surface area (Å²) >= 11 is 0. The summed E-state index contributed by atoms with van der Waals surface area (Å²) in [5.74, 6) is 1.34. The van der Waals surface area contributed by atoms with E-state index in [4.69, 9.17) is 4.42 Å². The second-order valence-corrected chi connectivity index (χ2v) is 3.76. The third-order valence-corrected chi connectivity index (χ3v) is 2.69. The average Bonchev–Trinajstić information content (AvgIpc) is 2.84. The molecule has 1 unspecified atom stereocenters. The van der Waals surface area contributed by atoms with Gasteiger partial charge in [0.2, 0.25) is 5.91 Å². The highest BCUT2D eigenvalue weighted by molar-refractivity contribution is 5.78. The predicted molar refractivity (Wildman–Crippen MR) is 55.1 cm³/mol. The number of aromatic nitrogens is 1. The Labute approximate surface area is 88.6 Å². The van der Waals surface area contributed by atoms with Crippen LogP contribution in [-0.4, -0.2) is 28.9 Å². The number of likely N-dealkylation sites (tertiary alicyclic amines) is 1. The normalized spacial score (nSPS) is 20.9. The van der Waals surface area contributed by atoms with Gasteiger partial charge in [-0.25, -0.2) is 4.98 Å². The largest absolute Gasteiger partial charge is 0.448 e. The Morgan fingerprint density at radius 2 is 2.60 bits per heavy atom. The minimum Gasteiger partial charge on any atom is -0.448 e. The van der Waals surface area contributed by atoms with Gasteiger partial charge in [0.15, 0.2) is 6.39 Å². The summed E-state index contributed by atoms with van der Waals surface area (Å²) in [5, 5.41) is 0. The minimum absolute atomic E-state index is 0.208. The summed E-state index contributed by atoms with van der Waals surface area (Å²) in [6.07, 6.45) is 6.28. The smallest absolute Gasteiger partial charge is 0.223 e. The minimum atomic E-state index is 0.208. The molecule has 1 saturated heterocycles. The predicted octanol–water partition coefficient (Wildman–Crippen LogP) is 1.25. The molecule has 1 aliphatic rings. The number of carbonyl (C=O) groups is 1. The van der Waals surface area contributed by atoms with E-state index in [1.165, 1.54) is 6.39 Å². The zero-order valence-electron chi connectivity index (χ0n) is 8.56. The van der Waals surface area contributed by atoms with E-state index < -0.39 is 0 Å². The standard InChI is InChI=1S/C11H14N2O2/c1-2-9-5-11(14)13(7-9)4-3-10-6-12-8-15-10/h2,6,8-9H,1,3-5,7H2. The van der Waals surface area contributed by atoms with Crippen molar-refractivity contribution in [1.29, 1.82) is 0 Å². The van der Waals surface area contributed by atoms with Gasteiger partial charge in [-0.2, -0.15) is 0 Å². The van der Waals surface area contributed by atoms with E-state index in [-0.39, 0.29) is 5.91 Å². The Morgan fingerprint density at radius 3 is 3.20 bits per heavy atom. The van der Waals surface area contributed by atoms with Crippen molar-refractivity contribution in [2.24, 2.45) is 5.92 Å². The van der Waals surface area contributed by atoms with Gasteiger partial charge in [-0.05, 0) is 0 Å². The SMILES string of the molecule is C=CC1CC(=O)N(CCc2cnco2)C1. The van der Waals surface area contributed by atoms with Gasteiger partial charge in [0, 0.05) is 31.8 Å². The van der Waals surface area contributed by atoms with Crippen LogP contribution in [-0.2, 0) is 11.2 Å². The molecule has 2 rings (SSSR count). The topological polar surface area (TPSA) is 46.3 Å². The first kappa shape index (κ1) is 9.96. The van der Waals surface area contributed by atoms with Gasteiger partial charge < -0.3 is 9.32 Å². The van der Waals surface area contributed by atoms with E-state index >= 15 is 0 Å². The first-order valence-corrected chi connectivity index (χ1v) is 5.07. The summed E-state index contributed by atoms with van der Waals surface area (Å²) in [5.41, 5.74) is 0. The van der Waals surface area contributed by atoms with Crippen LogP contribution in [0.2, 0.25) is 0 Å². The molecule has 2 heterocycles. The molecular formula is C11H14N2O2. The molecule has 4 nitrogen and oxygen atoms in total. The molecule has 15 heavy (non-hydrogen) atoms. The van der Waals surface area contributed by atoms with Gasteiger partial charge in [-0.3, -0.25) is 4.79 Å². The van der Waals surface area contributed by atoms with E-state index in [2.05, 4.69) is 11.6 Å². The van der Waals surface area contributed by atoms with Crippen LogP contribution in [0.4, 0.5) is 0 Å². The van der Waals surface area contributed by atoms with Gasteiger partial charge in [-0.1, -0.05) is 6.08 Å². The lowest BCUT2D eigenvalue weighted by Gasteiger charge is -2.14. The quantitative estimate of drug-likeness (QED) is 0.696. The summed E-state index contributed by atoms with van der Waals surface area (Å²) in [6, 6.07) is 0. The van der Waals surface area contributed by atoms with Crippen molar-refractivity contribution in [1.82, 2.24) is 9.88 Å². The molecule has 0 saturated carbocycles. The molecule has 1 aliphatic heterocycles. The lowest BCUT2D eigenvalue weighted by molar-refractivity contribution is -0.127. The molecule has 80 valence electrons. The number of carbonyl (C=O) groups excluding carboxylic acids is 1. The molecule has 0 N–H and O–H groups in total. The monoisotopic (exact) mass is 206 g/mol. The highest BCUT2D eigenvalue weighted by atomic mass is 16.3. The van der Waals surface area contributed by atoms with Crippen molar-refractivity contribution in [2.75, 3.05) is 13.1 Å². The summed E-state index contributed by atoms with van der Waals surface area (Å²) in [4.78, 5) is 17.2. The van der Waals surface area contributed by atoms with Gasteiger partial charge >= 0.3 is 0 Å². The Kier molecular flexibility index (Phi) is 2.85. The molecule has 1 aromatic heterocycles. The molecule has 1 aromatic rings. The average molecular weight is 206 g/mol. The first-order valence-electron chi connectivity index (χ1n) is 5.07. The van der Waals surface area contributed by atoms with Crippen LogP contribution in [0.25, 0.3) is 0 Å². The van der Waals surface area contributed by atoms with Gasteiger partial charge in [0.25, 0.3) is 0 Å². The van der Waals surface area contributed by atoms with Crippen LogP contribution in [0.15, 0.2) is 29.7 Å². The van der Waals surface area contributed by atoms with E-state index in [1.807, 2.05) is 11.0 Å². The fraction of sp³-hybridized carbons (Fsp3) is 0.455. The second kappa shape index (κ2) is 4.29. The Hall–Kier alpha value is -1.58. The summed E-state index contributed by atoms with van der Waals surface area (Å²) in [6.45, 7) is 5.21. The summed E-state index contributed by atoms with van der Waals surface area (Å²) < 4.78 is 5.11. The molecule has 0 radical (unpaired) electrons. The number of nitrogens with zero attached hydrogens (tertiary/aromatic N) is 2. The maximum atomic E-state index is 11.5. The van der Waals surface area contributed by atoms with Crippen molar-refractivity contribution in [3.8, 4) is 0 Å². The molecule has 0 aromatic carbocycles. The van der Waals surface area contributed by atoms with Crippen LogP contribution in [0.1, 0.15) is 12.2 Å². The van der Waals surface area contributed by atoms with Crippen LogP contribution < -0.4 is 0 Å². The van der Waals surface area contributed by atoms with E-state index in [9.17, 15) is 4.79 Å². The molecule has 0 aliphatic carbocycles. The Balaban J connectivity index is 1.85. The highest BCUT2D eigenvalue weighted by Crippen LogP contribution is 2.18. The third kappa shape index (κ3) is 2.26. The van der Waals surface area contributed by atoms with Crippen LogP contribution >= 0.6 is 0 Å². The van der Waals surface area contributed by atoms with Crippen LogP contribution in [0.5, 0.6) is 0 Å². The summed E-state index contributed by atoms with van der Waals surface area (Å²) in [7, 11) is 0. The highest BCUT2D eigenvalue weighted by Gasteiger charge is 2.27. The number of amides is 1. The fourth-order valence-corrected chi connectivity index (χ4v) is 1.79. The molecule has 0 bridgehead atoms. The van der Waals surface area contributed by atoms with Crippen molar-refractivity contribution < 1.29 is 9.21 Å². The third-order valence-electron chi connectivity index (χ3n) is 2.69. The molecule has 0 spiro atoms. The lowest BCUT2D eigenvalue weighted by Crippen LogP contribution is -2.27. The second-order valence-electron chi connectivity index (χ2n) is 3.76. The van der Waals surface area contributed by atoms with Crippen molar-refractivity contribution in [3.05, 3.63) is 31.0 Å². The lowest BCUT2D eigenvalue weighted by atomic mass is 10.1. The van der Waals surface area contributed by atoms with Gasteiger partial charge in [0.1, 0.15) is 5.76 Å². The number of oxazole rings is 1. The zero-order valence-corrected chi connectivity index (χ0v) is 8.56. The molecule has 1 atom stereocenters. The Bertz CT molecular complexity index is 345. The number of hydrogen-bond acceptors (Lipinski definition) is 3. The van der Waals surface area contributed by atoms with E-state index in [1.54, 1.807) is 6.20 Å². The maximum Gasteiger partial charge on any atom is 0.223 e. The molecular weight excluding hydrogens is 192 g/mol. The molecule has 1 fully saturated rings. The van der Waals surface area contributed by atoms with Crippen molar-refractivity contribution in [3.63, 3.8) is 0 Å². The molecule has 4 heteroatoms. The maximum absolute atomic E-state index is 11.5. The number of hydrogen-bond donors (Lipinski definition) is 0.